The van der Waals surface area contributed by atoms with Crippen LogP contribution in [-0.2, 0) is 10.8 Å². The van der Waals surface area contributed by atoms with Crippen LogP contribution in [-0.4, -0.2) is 0 Å². The Morgan fingerprint density at radius 1 is 0.393 bits per heavy atom. The van der Waals surface area contributed by atoms with Crippen LogP contribution >= 0.6 is 11.3 Å². The van der Waals surface area contributed by atoms with E-state index in [0.717, 1.165) is 11.8 Å². The van der Waals surface area contributed by atoms with E-state index in [1.165, 1.54) is 114 Å². The summed E-state index contributed by atoms with van der Waals surface area (Å²) in [6.07, 6.45) is 6.82. The Balaban J connectivity index is 1.04. The highest BCUT2D eigenvalue weighted by atomic mass is 32.1. The molecule has 61 heavy (non-hydrogen) atoms. The molecule has 0 unspecified atom stereocenters. The zero-order valence-electron chi connectivity index (χ0n) is 34.1. The van der Waals surface area contributed by atoms with Crippen molar-refractivity contribution in [1.82, 2.24) is 0 Å². The number of hydrogen-bond acceptors (Lipinski definition) is 2. The van der Waals surface area contributed by atoms with Crippen molar-refractivity contribution in [3.8, 4) is 22.3 Å². The minimum Gasteiger partial charge on any atom is -0.310 e. The lowest BCUT2D eigenvalue weighted by molar-refractivity contribution is -0.0440. The molecule has 15 rings (SSSR count). The van der Waals surface area contributed by atoms with Crippen LogP contribution in [0.1, 0.15) is 65.5 Å². The monoisotopic (exact) mass is 799 g/mol. The maximum absolute atomic E-state index is 2.70. The average Bonchev–Trinajstić information content (AvgIpc) is 3.84. The molecule has 6 aliphatic rings. The molecule has 1 aromatic heterocycles. The third-order valence-electron chi connectivity index (χ3n) is 16.1. The van der Waals surface area contributed by atoms with Crippen LogP contribution in [0.5, 0.6) is 0 Å². The lowest BCUT2D eigenvalue weighted by atomic mass is 9.38. The first-order valence-corrected chi connectivity index (χ1v) is 23.3. The summed E-state index contributed by atoms with van der Waals surface area (Å²) >= 11 is 1.91. The molecule has 8 aromatic carbocycles. The summed E-state index contributed by atoms with van der Waals surface area (Å²) in [7, 11) is 0. The summed E-state index contributed by atoms with van der Waals surface area (Å²) < 4.78 is 2.69. The van der Waals surface area contributed by atoms with Gasteiger partial charge in [-0.3, -0.25) is 0 Å². The molecule has 4 fully saturated rings. The van der Waals surface area contributed by atoms with Crippen molar-refractivity contribution in [3.63, 3.8) is 0 Å². The van der Waals surface area contributed by atoms with Gasteiger partial charge in [-0.25, -0.2) is 0 Å². The highest BCUT2D eigenvalue weighted by molar-refractivity contribution is 7.26. The van der Waals surface area contributed by atoms with Gasteiger partial charge in [0.15, 0.2) is 0 Å². The van der Waals surface area contributed by atoms with E-state index in [9.17, 15) is 0 Å². The Hall–Kier alpha value is -6.22. The smallest absolute Gasteiger partial charge is 0.0719 e. The third-order valence-corrected chi connectivity index (χ3v) is 17.3. The summed E-state index contributed by atoms with van der Waals surface area (Å²) in [5.41, 5.74) is 17.5. The summed E-state index contributed by atoms with van der Waals surface area (Å²) in [4.78, 5) is 2.54. The summed E-state index contributed by atoms with van der Waals surface area (Å²) in [6, 6.07) is 72.3. The number of para-hydroxylation sites is 1. The molecular formula is C59H45NS. The highest BCUT2D eigenvalue weighted by Crippen LogP contribution is 2.71. The predicted molar refractivity (Wildman–Crippen MR) is 255 cm³/mol. The van der Waals surface area contributed by atoms with E-state index in [4.69, 9.17) is 0 Å². The first-order valence-electron chi connectivity index (χ1n) is 22.5. The second-order valence-corrected chi connectivity index (χ2v) is 19.8. The standard InChI is InChI=1S/C59H45NS/c1-2-15-42(16-3-1)60(43-17-12-14-39(35-43)45-21-13-22-49-48-20-6-11-27-56(48)61-57(45)49)44-28-29-54-55(36-44)58(40-31-37-30-38(33-40)34-41(58)32-37)52-25-9-10-26-53(52)59(54)50-23-7-4-18-46(50)47-19-5-8-24-51(47)59/h1-29,35-38,40-41H,30-34H2. The maximum atomic E-state index is 2.70. The van der Waals surface area contributed by atoms with Crippen molar-refractivity contribution >= 4 is 48.6 Å². The van der Waals surface area contributed by atoms with Gasteiger partial charge in [0.25, 0.3) is 0 Å². The molecule has 4 bridgehead atoms. The molecule has 2 heteroatoms. The Bertz CT molecular complexity index is 3170. The molecule has 6 aliphatic carbocycles. The van der Waals surface area contributed by atoms with Gasteiger partial charge in [0.05, 0.1) is 5.41 Å². The van der Waals surface area contributed by atoms with Gasteiger partial charge in [-0.2, -0.15) is 0 Å². The maximum Gasteiger partial charge on any atom is 0.0719 e. The van der Waals surface area contributed by atoms with Gasteiger partial charge >= 0.3 is 0 Å². The molecule has 0 amide bonds. The van der Waals surface area contributed by atoms with E-state index in [1.54, 1.807) is 11.1 Å². The van der Waals surface area contributed by atoms with Crippen LogP contribution in [0.2, 0.25) is 0 Å². The molecule has 0 saturated heterocycles. The Morgan fingerprint density at radius 2 is 0.951 bits per heavy atom. The topological polar surface area (TPSA) is 3.24 Å². The molecule has 0 radical (unpaired) electrons. The van der Waals surface area contributed by atoms with Gasteiger partial charge in [-0.05, 0) is 154 Å². The molecule has 0 N–H and O–H groups in total. The number of hydrogen-bond donors (Lipinski definition) is 0. The number of benzene rings is 8. The quantitative estimate of drug-likeness (QED) is 0.171. The SMILES string of the molecule is c1ccc(N(c2cccc(-c3cccc4c3sc3ccccc34)c2)c2ccc3c(c2)C2(c4ccccc4C34c3ccccc3-c3ccccc34)C3CC4CC(C3)CC2C4)cc1. The van der Waals surface area contributed by atoms with Crippen LogP contribution < -0.4 is 4.90 Å². The van der Waals surface area contributed by atoms with Gasteiger partial charge in [-0.1, -0.05) is 146 Å². The van der Waals surface area contributed by atoms with E-state index in [2.05, 4.69) is 193 Å². The van der Waals surface area contributed by atoms with Crippen molar-refractivity contribution < 1.29 is 0 Å². The number of fused-ring (bicyclic) bond motifs is 12. The Kier molecular flexibility index (Phi) is 7.16. The number of anilines is 3. The number of thiophene rings is 1. The van der Waals surface area contributed by atoms with Gasteiger partial charge in [-0.15, -0.1) is 11.3 Å². The van der Waals surface area contributed by atoms with Crippen LogP contribution in [0, 0.1) is 23.7 Å². The molecule has 1 nitrogen and oxygen atoms in total. The van der Waals surface area contributed by atoms with Crippen molar-refractivity contribution in [2.75, 3.05) is 4.90 Å². The molecule has 0 aliphatic heterocycles. The minimum absolute atomic E-state index is 0.0336. The van der Waals surface area contributed by atoms with E-state index >= 15 is 0 Å². The lowest BCUT2D eigenvalue weighted by Crippen LogP contribution is -2.59. The predicted octanol–water partition coefficient (Wildman–Crippen LogP) is 15.6. The van der Waals surface area contributed by atoms with Gasteiger partial charge in [0, 0.05) is 42.6 Å². The van der Waals surface area contributed by atoms with Gasteiger partial charge in [0.1, 0.15) is 0 Å². The van der Waals surface area contributed by atoms with Crippen molar-refractivity contribution in [2.45, 2.75) is 42.9 Å². The van der Waals surface area contributed by atoms with Gasteiger partial charge in [0.2, 0.25) is 0 Å². The molecule has 4 saturated carbocycles. The van der Waals surface area contributed by atoms with Crippen molar-refractivity contribution in [1.29, 1.82) is 0 Å². The van der Waals surface area contributed by atoms with Gasteiger partial charge < -0.3 is 4.90 Å². The van der Waals surface area contributed by atoms with Crippen molar-refractivity contribution in [3.05, 3.63) is 221 Å². The number of nitrogens with zero attached hydrogens (tertiary/aromatic N) is 1. The van der Waals surface area contributed by atoms with Crippen LogP contribution in [0.15, 0.2) is 188 Å². The fraction of sp³-hybridized carbons (Fsp3) is 0.186. The van der Waals surface area contributed by atoms with E-state index in [0.29, 0.717) is 11.8 Å². The highest BCUT2D eigenvalue weighted by Gasteiger charge is 2.64. The molecular weight excluding hydrogens is 755 g/mol. The van der Waals surface area contributed by atoms with Crippen molar-refractivity contribution in [2.24, 2.45) is 23.7 Å². The summed E-state index contributed by atoms with van der Waals surface area (Å²) in [6.45, 7) is 0. The fourth-order valence-corrected chi connectivity index (χ4v) is 15.5. The van der Waals surface area contributed by atoms with E-state index in [-0.39, 0.29) is 5.41 Å². The average molecular weight is 800 g/mol. The van der Waals surface area contributed by atoms with E-state index < -0.39 is 5.41 Å². The Labute approximate surface area is 362 Å². The second-order valence-electron chi connectivity index (χ2n) is 18.8. The molecule has 292 valence electrons. The second kappa shape index (κ2) is 12.7. The molecule has 9 aromatic rings. The number of rotatable bonds is 4. The Morgan fingerprint density at radius 3 is 1.70 bits per heavy atom. The first-order chi connectivity index (χ1) is 30.2. The summed E-state index contributed by atoms with van der Waals surface area (Å²) in [5.74, 6) is 3.01. The fourth-order valence-electron chi connectivity index (χ4n) is 14.2. The van der Waals surface area contributed by atoms with Crippen LogP contribution in [0.4, 0.5) is 17.1 Å². The largest absolute Gasteiger partial charge is 0.310 e. The van der Waals surface area contributed by atoms with Crippen LogP contribution in [0.3, 0.4) is 0 Å². The molecule has 2 spiro atoms. The minimum atomic E-state index is -0.391. The zero-order valence-corrected chi connectivity index (χ0v) is 34.9. The lowest BCUT2D eigenvalue weighted by Gasteiger charge is -2.65. The summed E-state index contributed by atoms with van der Waals surface area (Å²) in [5, 5.41) is 2.68. The third kappa shape index (κ3) is 4.51. The van der Waals surface area contributed by atoms with Crippen LogP contribution in [0.25, 0.3) is 42.4 Å². The first kappa shape index (κ1) is 34.5. The zero-order chi connectivity index (χ0) is 39.9. The molecule has 0 atom stereocenters. The van der Waals surface area contributed by atoms with E-state index in [1.807, 2.05) is 11.3 Å². The normalized spacial score (nSPS) is 23.3. The molecule has 1 heterocycles.